The first-order valence-electron chi connectivity index (χ1n) is 8.21. The molecule has 1 aliphatic rings. The fourth-order valence-electron chi connectivity index (χ4n) is 3.50. The predicted molar refractivity (Wildman–Crippen MR) is 86.9 cm³/mol. The van der Waals surface area contributed by atoms with Crippen LogP contribution in [-0.4, -0.2) is 30.1 Å². The molecule has 2 rings (SSSR count). The van der Waals surface area contributed by atoms with E-state index in [1.165, 1.54) is 18.4 Å². The average Bonchev–Trinajstić information content (AvgIpc) is 2.49. The highest BCUT2D eigenvalue weighted by atomic mass is 15.3. The van der Waals surface area contributed by atoms with E-state index in [0.717, 1.165) is 19.1 Å². The molecule has 2 heteroatoms. The Kier molecular flexibility index (Phi) is 5.62. The van der Waals surface area contributed by atoms with Gasteiger partial charge in [0.15, 0.2) is 0 Å². The van der Waals surface area contributed by atoms with Crippen LogP contribution in [0.4, 0.5) is 0 Å². The van der Waals surface area contributed by atoms with Crippen LogP contribution in [0.1, 0.15) is 52.1 Å². The van der Waals surface area contributed by atoms with Gasteiger partial charge in [0, 0.05) is 31.2 Å². The lowest BCUT2D eigenvalue weighted by molar-refractivity contribution is 0.0514. The molecular formula is C18H30N2. The standard InChI is InChI=1S/C18H30N2/c1-5-16(6-2)20-13-17(15-10-8-7-9-11-15)19-12-18(20)14(3)4/h7-11,14,16-19H,5-6,12-13H2,1-4H3. The second-order valence-electron chi connectivity index (χ2n) is 6.35. The first-order chi connectivity index (χ1) is 9.67. The first-order valence-corrected chi connectivity index (χ1v) is 8.21. The summed E-state index contributed by atoms with van der Waals surface area (Å²) in [5, 5.41) is 3.76. The Morgan fingerprint density at radius 1 is 1.15 bits per heavy atom. The van der Waals surface area contributed by atoms with E-state index in [-0.39, 0.29) is 0 Å². The van der Waals surface area contributed by atoms with Gasteiger partial charge in [0.2, 0.25) is 0 Å². The zero-order chi connectivity index (χ0) is 14.5. The minimum atomic E-state index is 0.479. The van der Waals surface area contributed by atoms with Crippen molar-refractivity contribution in [3.63, 3.8) is 0 Å². The molecule has 1 aromatic rings. The normalized spacial score (nSPS) is 24.5. The summed E-state index contributed by atoms with van der Waals surface area (Å²) in [6, 6.07) is 12.8. The molecule has 0 bridgehead atoms. The Labute approximate surface area is 124 Å². The second kappa shape index (κ2) is 7.24. The van der Waals surface area contributed by atoms with E-state index in [1.807, 2.05) is 0 Å². The summed E-state index contributed by atoms with van der Waals surface area (Å²) >= 11 is 0. The number of benzene rings is 1. The molecule has 0 radical (unpaired) electrons. The van der Waals surface area contributed by atoms with Crippen LogP contribution >= 0.6 is 0 Å². The predicted octanol–water partition coefficient (Wildman–Crippen LogP) is 3.85. The van der Waals surface area contributed by atoms with E-state index >= 15 is 0 Å². The van der Waals surface area contributed by atoms with Crippen molar-refractivity contribution in [3.05, 3.63) is 35.9 Å². The lowest BCUT2D eigenvalue weighted by Crippen LogP contribution is -2.57. The van der Waals surface area contributed by atoms with Crippen LogP contribution in [0.3, 0.4) is 0 Å². The van der Waals surface area contributed by atoms with Crippen LogP contribution in [0, 0.1) is 5.92 Å². The molecule has 112 valence electrons. The molecule has 0 amide bonds. The summed E-state index contributed by atoms with van der Waals surface area (Å²) in [7, 11) is 0. The van der Waals surface area contributed by atoms with Gasteiger partial charge in [-0.3, -0.25) is 4.90 Å². The van der Waals surface area contributed by atoms with Crippen molar-refractivity contribution in [1.29, 1.82) is 0 Å². The Hall–Kier alpha value is -0.860. The van der Waals surface area contributed by atoms with Crippen molar-refractivity contribution in [2.24, 2.45) is 5.92 Å². The monoisotopic (exact) mass is 274 g/mol. The maximum atomic E-state index is 3.76. The maximum absolute atomic E-state index is 3.76. The SMILES string of the molecule is CCC(CC)N1CC(c2ccccc2)NCC1C(C)C. The smallest absolute Gasteiger partial charge is 0.0450 e. The largest absolute Gasteiger partial charge is 0.307 e. The molecule has 1 N–H and O–H groups in total. The number of hydrogen-bond donors (Lipinski definition) is 1. The first kappa shape index (κ1) is 15.5. The van der Waals surface area contributed by atoms with Crippen LogP contribution in [0.15, 0.2) is 30.3 Å². The van der Waals surface area contributed by atoms with Crippen molar-refractivity contribution >= 4 is 0 Å². The molecular weight excluding hydrogens is 244 g/mol. The van der Waals surface area contributed by atoms with Crippen molar-refractivity contribution in [1.82, 2.24) is 10.2 Å². The van der Waals surface area contributed by atoms with Gasteiger partial charge in [-0.15, -0.1) is 0 Å². The molecule has 0 aromatic heterocycles. The van der Waals surface area contributed by atoms with Gasteiger partial charge < -0.3 is 5.32 Å². The Morgan fingerprint density at radius 3 is 2.35 bits per heavy atom. The van der Waals surface area contributed by atoms with Crippen molar-refractivity contribution in [2.75, 3.05) is 13.1 Å². The lowest BCUT2D eigenvalue weighted by atomic mass is 9.93. The molecule has 20 heavy (non-hydrogen) atoms. The number of nitrogens with zero attached hydrogens (tertiary/aromatic N) is 1. The highest BCUT2D eigenvalue weighted by molar-refractivity contribution is 5.20. The summed E-state index contributed by atoms with van der Waals surface area (Å²) in [6.45, 7) is 11.6. The van der Waals surface area contributed by atoms with Crippen LogP contribution in [0.2, 0.25) is 0 Å². The van der Waals surface area contributed by atoms with Crippen LogP contribution in [-0.2, 0) is 0 Å². The molecule has 0 spiro atoms. The summed E-state index contributed by atoms with van der Waals surface area (Å²) in [5.74, 6) is 0.708. The average molecular weight is 274 g/mol. The van der Waals surface area contributed by atoms with Crippen LogP contribution < -0.4 is 5.32 Å². The van der Waals surface area contributed by atoms with E-state index in [2.05, 4.69) is 68.2 Å². The molecule has 1 heterocycles. The number of piperazine rings is 1. The van der Waals surface area contributed by atoms with Crippen LogP contribution in [0.5, 0.6) is 0 Å². The Bertz CT molecular complexity index is 384. The molecule has 0 saturated carbocycles. The third-order valence-electron chi connectivity index (χ3n) is 4.78. The zero-order valence-corrected chi connectivity index (χ0v) is 13.5. The number of rotatable bonds is 5. The zero-order valence-electron chi connectivity index (χ0n) is 13.5. The Morgan fingerprint density at radius 2 is 1.80 bits per heavy atom. The second-order valence-corrected chi connectivity index (χ2v) is 6.35. The Balaban J connectivity index is 2.15. The minimum Gasteiger partial charge on any atom is -0.307 e. The quantitative estimate of drug-likeness (QED) is 0.877. The van der Waals surface area contributed by atoms with Gasteiger partial charge in [-0.2, -0.15) is 0 Å². The minimum absolute atomic E-state index is 0.479. The summed E-state index contributed by atoms with van der Waals surface area (Å²) in [4.78, 5) is 2.76. The molecule has 1 saturated heterocycles. The van der Waals surface area contributed by atoms with Crippen molar-refractivity contribution in [2.45, 2.75) is 58.7 Å². The molecule has 1 fully saturated rings. The molecule has 2 nitrogen and oxygen atoms in total. The molecule has 1 aliphatic heterocycles. The van der Waals surface area contributed by atoms with E-state index in [1.54, 1.807) is 0 Å². The van der Waals surface area contributed by atoms with Crippen molar-refractivity contribution in [3.8, 4) is 0 Å². The molecule has 2 atom stereocenters. The third kappa shape index (κ3) is 3.42. The topological polar surface area (TPSA) is 15.3 Å². The van der Waals surface area contributed by atoms with Gasteiger partial charge in [-0.05, 0) is 24.3 Å². The highest BCUT2D eigenvalue weighted by Crippen LogP contribution is 2.26. The lowest BCUT2D eigenvalue weighted by Gasteiger charge is -2.46. The van der Waals surface area contributed by atoms with Gasteiger partial charge >= 0.3 is 0 Å². The number of hydrogen-bond acceptors (Lipinski definition) is 2. The van der Waals surface area contributed by atoms with Gasteiger partial charge in [0.05, 0.1) is 0 Å². The highest BCUT2D eigenvalue weighted by Gasteiger charge is 2.33. The summed E-state index contributed by atoms with van der Waals surface area (Å²) < 4.78 is 0. The van der Waals surface area contributed by atoms with Gasteiger partial charge in [0.1, 0.15) is 0 Å². The fraction of sp³-hybridized carbons (Fsp3) is 0.667. The molecule has 0 aliphatic carbocycles. The maximum Gasteiger partial charge on any atom is 0.0450 e. The molecule has 1 aromatic carbocycles. The van der Waals surface area contributed by atoms with Gasteiger partial charge in [-0.25, -0.2) is 0 Å². The van der Waals surface area contributed by atoms with Gasteiger partial charge in [0.25, 0.3) is 0 Å². The van der Waals surface area contributed by atoms with Crippen LogP contribution in [0.25, 0.3) is 0 Å². The van der Waals surface area contributed by atoms with E-state index in [4.69, 9.17) is 0 Å². The third-order valence-corrected chi connectivity index (χ3v) is 4.78. The fourth-order valence-corrected chi connectivity index (χ4v) is 3.50. The van der Waals surface area contributed by atoms with Gasteiger partial charge in [-0.1, -0.05) is 58.0 Å². The summed E-state index contributed by atoms with van der Waals surface area (Å²) in [6.07, 6.45) is 2.50. The number of nitrogens with one attached hydrogen (secondary N) is 1. The van der Waals surface area contributed by atoms with E-state index in [0.29, 0.717) is 18.0 Å². The molecule has 2 unspecified atom stereocenters. The van der Waals surface area contributed by atoms with Crippen molar-refractivity contribution < 1.29 is 0 Å². The summed E-state index contributed by atoms with van der Waals surface area (Å²) in [5.41, 5.74) is 1.42. The van der Waals surface area contributed by atoms with E-state index in [9.17, 15) is 0 Å². The van der Waals surface area contributed by atoms with E-state index < -0.39 is 0 Å².